The Kier molecular flexibility index (Phi) is 6.51. The minimum atomic E-state index is -0.533. The number of hydrogen-bond donors (Lipinski definition) is 1. The molecule has 1 aliphatic heterocycles. The molecule has 27 heavy (non-hydrogen) atoms. The first-order chi connectivity index (χ1) is 12.7. The van der Waals surface area contributed by atoms with E-state index in [1.807, 2.05) is 38.7 Å². The van der Waals surface area contributed by atoms with E-state index in [0.717, 1.165) is 0 Å². The molecule has 2 heterocycles. The minimum absolute atomic E-state index is 0.00647. The number of amides is 1. The van der Waals surface area contributed by atoms with Gasteiger partial charge in [0.2, 0.25) is 5.69 Å². The van der Waals surface area contributed by atoms with Crippen LogP contribution in [0.15, 0.2) is 0 Å². The van der Waals surface area contributed by atoms with Crippen LogP contribution >= 0.6 is 11.6 Å². The van der Waals surface area contributed by atoms with E-state index in [1.54, 1.807) is 0 Å². The number of carbonyl (C=O) groups excluding carboxylic acids is 1. The molecule has 0 aromatic carbocycles. The number of carbonyl (C=O) groups is 1. The summed E-state index contributed by atoms with van der Waals surface area (Å²) in [6, 6.07) is 2.06. The third-order valence-electron chi connectivity index (χ3n) is 4.30. The van der Waals surface area contributed by atoms with Crippen molar-refractivity contribution in [1.29, 1.82) is 5.26 Å². The first kappa shape index (κ1) is 20.8. The summed E-state index contributed by atoms with van der Waals surface area (Å²) in [6.45, 7) is 16.2. The van der Waals surface area contributed by atoms with Crippen LogP contribution in [0.1, 0.15) is 51.7 Å². The first-order valence-electron chi connectivity index (χ1n) is 8.94. The molecule has 0 aliphatic carbocycles. The summed E-state index contributed by atoms with van der Waals surface area (Å²) in [5.74, 6) is 0.515. The molecular formula is C19H24ClN5O2. The van der Waals surface area contributed by atoms with Gasteiger partial charge in [0.25, 0.3) is 0 Å². The van der Waals surface area contributed by atoms with Crippen LogP contribution < -0.4 is 10.2 Å². The van der Waals surface area contributed by atoms with Gasteiger partial charge in [0.05, 0.1) is 12.1 Å². The molecule has 2 rings (SSSR count). The summed E-state index contributed by atoms with van der Waals surface area (Å²) < 4.78 is 5.30. The maximum absolute atomic E-state index is 11.9. The molecule has 0 unspecified atom stereocenters. The van der Waals surface area contributed by atoms with Gasteiger partial charge in [-0.3, -0.25) is 0 Å². The number of piperidine rings is 1. The van der Waals surface area contributed by atoms with Gasteiger partial charge in [-0.25, -0.2) is 14.6 Å². The van der Waals surface area contributed by atoms with Gasteiger partial charge in [-0.15, -0.1) is 0 Å². The van der Waals surface area contributed by atoms with Crippen LogP contribution in [0.3, 0.4) is 0 Å². The Morgan fingerprint density at radius 1 is 1.48 bits per heavy atom. The second kappa shape index (κ2) is 8.45. The second-order valence-corrected chi connectivity index (χ2v) is 7.77. The minimum Gasteiger partial charge on any atom is -0.444 e. The number of aromatic nitrogens is 1. The molecule has 0 saturated carbocycles. The average molecular weight is 390 g/mol. The topological polar surface area (TPSA) is 82.6 Å². The highest BCUT2D eigenvalue weighted by atomic mass is 35.5. The molecule has 1 N–H and O–H groups in total. The number of nitrogens with zero attached hydrogens (tertiary/aromatic N) is 4. The van der Waals surface area contributed by atoms with E-state index in [1.165, 1.54) is 0 Å². The molecule has 8 heteroatoms. The zero-order valence-electron chi connectivity index (χ0n) is 16.1. The predicted octanol–water partition coefficient (Wildman–Crippen LogP) is 4.21. The Hall–Kier alpha value is -2.51. The van der Waals surface area contributed by atoms with Crippen LogP contribution in [0.2, 0.25) is 5.15 Å². The Morgan fingerprint density at radius 3 is 2.59 bits per heavy atom. The van der Waals surface area contributed by atoms with Crippen LogP contribution in [-0.4, -0.2) is 35.8 Å². The molecule has 7 nitrogen and oxygen atoms in total. The van der Waals surface area contributed by atoms with Crippen LogP contribution in [0, 0.1) is 17.9 Å². The fourth-order valence-electron chi connectivity index (χ4n) is 3.09. The van der Waals surface area contributed by atoms with E-state index < -0.39 is 11.7 Å². The van der Waals surface area contributed by atoms with Crippen molar-refractivity contribution >= 4 is 29.2 Å². The molecule has 0 spiro atoms. The molecule has 0 radical (unpaired) electrons. The van der Waals surface area contributed by atoms with Crippen molar-refractivity contribution in [2.24, 2.45) is 0 Å². The highest BCUT2D eigenvalue weighted by Gasteiger charge is 2.27. The maximum atomic E-state index is 11.9. The third-order valence-corrected chi connectivity index (χ3v) is 4.58. The molecule has 0 bridgehead atoms. The number of hydrogen-bond acceptors (Lipinski definition) is 5. The van der Waals surface area contributed by atoms with Gasteiger partial charge in [0, 0.05) is 19.1 Å². The SMILES string of the molecule is [C-]#[N+]c1c(N2CCC(NC(=O)OC(C)(C)C)CC2)nc(Cl)c(C#N)c1CC. The number of pyridine rings is 1. The summed E-state index contributed by atoms with van der Waals surface area (Å²) in [5.41, 5.74) is 0.763. The number of alkyl carbamates (subject to hydrolysis) is 1. The number of ether oxygens (including phenoxy) is 1. The van der Waals surface area contributed by atoms with Crippen molar-refractivity contribution in [2.75, 3.05) is 18.0 Å². The summed E-state index contributed by atoms with van der Waals surface area (Å²) in [7, 11) is 0. The second-order valence-electron chi connectivity index (χ2n) is 7.41. The lowest BCUT2D eigenvalue weighted by Crippen LogP contribution is -2.46. The van der Waals surface area contributed by atoms with Crippen molar-refractivity contribution in [3.63, 3.8) is 0 Å². The number of anilines is 1. The van der Waals surface area contributed by atoms with E-state index >= 15 is 0 Å². The fraction of sp³-hybridized carbons (Fsp3) is 0.579. The van der Waals surface area contributed by atoms with E-state index in [9.17, 15) is 10.1 Å². The number of nitrogens with one attached hydrogen (secondary N) is 1. The molecule has 144 valence electrons. The smallest absolute Gasteiger partial charge is 0.407 e. The summed E-state index contributed by atoms with van der Waals surface area (Å²) >= 11 is 6.18. The Labute approximate surface area is 165 Å². The Balaban J connectivity index is 2.13. The molecule has 1 aliphatic rings. The van der Waals surface area contributed by atoms with E-state index in [2.05, 4.69) is 15.1 Å². The monoisotopic (exact) mass is 389 g/mol. The van der Waals surface area contributed by atoms with Crippen molar-refractivity contribution in [3.8, 4) is 6.07 Å². The summed E-state index contributed by atoms with van der Waals surface area (Å²) in [6.07, 6.45) is 1.53. The lowest BCUT2D eigenvalue weighted by atomic mass is 10.0. The van der Waals surface area contributed by atoms with Crippen molar-refractivity contribution in [1.82, 2.24) is 10.3 Å². The predicted molar refractivity (Wildman–Crippen MR) is 104 cm³/mol. The lowest BCUT2D eigenvalue weighted by molar-refractivity contribution is 0.0497. The van der Waals surface area contributed by atoms with Crippen molar-refractivity contribution < 1.29 is 9.53 Å². The molecule has 1 saturated heterocycles. The molecule has 1 aromatic heterocycles. The highest BCUT2D eigenvalue weighted by Crippen LogP contribution is 2.37. The van der Waals surface area contributed by atoms with Gasteiger partial charge in [0.15, 0.2) is 0 Å². The van der Waals surface area contributed by atoms with E-state index in [-0.39, 0.29) is 16.8 Å². The molecule has 1 amide bonds. The average Bonchev–Trinajstić information content (AvgIpc) is 2.59. The van der Waals surface area contributed by atoms with Gasteiger partial charge in [0.1, 0.15) is 22.6 Å². The van der Waals surface area contributed by atoms with E-state index in [4.69, 9.17) is 22.9 Å². The largest absolute Gasteiger partial charge is 0.444 e. The van der Waals surface area contributed by atoms with Crippen molar-refractivity contribution in [2.45, 2.75) is 58.6 Å². The standard InChI is InChI=1S/C19H24ClN5O2/c1-6-13-14(11-21)16(20)24-17(15(13)22-5)25-9-7-12(8-10-25)23-18(26)27-19(2,3)4/h12H,6-10H2,1-4H3,(H,23,26). The van der Waals surface area contributed by atoms with E-state index in [0.29, 0.717) is 49.4 Å². The normalized spacial score (nSPS) is 15.0. The maximum Gasteiger partial charge on any atom is 0.407 e. The van der Waals surface area contributed by atoms with Gasteiger partial charge >= 0.3 is 6.09 Å². The van der Waals surface area contributed by atoms with Crippen LogP contribution in [0.5, 0.6) is 0 Å². The lowest BCUT2D eigenvalue weighted by Gasteiger charge is -2.34. The summed E-state index contributed by atoms with van der Waals surface area (Å²) in [5, 5.41) is 12.3. The number of nitriles is 1. The van der Waals surface area contributed by atoms with Crippen LogP contribution in [0.4, 0.5) is 16.3 Å². The molecule has 0 atom stereocenters. The highest BCUT2D eigenvalue weighted by molar-refractivity contribution is 6.31. The Morgan fingerprint density at radius 2 is 2.11 bits per heavy atom. The molecule has 1 fully saturated rings. The van der Waals surface area contributed by atoms with Gasteiger partial charge in [-0.05, 0) is 45.6 Å². The first-order valence-corrected chi connectivity index (χ1v) is 9.32. The van der Waals surface area contributed by atoms with Crippen LogP contribution in [0.25, 0.3) is 4.85 Å². The molecule has 1 aromatic rings. The number of halogens is 1. The van der Waals surface area contributed by atoms with Crippen molar-refractivity contribution in [3.05, 3.63) is 27.7 Å². The fourth-order valence-corrected chi connectivity index (χ4v) is 3.32. The van der Waals surface area contributed by atoms with Gasteiger partial charge < -0.3 is 15.0 Å². The zero-order valence-corrected chi connectivity index (χ0v) is 16.9. The third kappa shape index (κ3) is 5.02. The number of rotatable bonds is 3. The molecular weight excluding hydrogens is 366 g/mol. The zero-order chi connectivity index (χ0) is 20.2. The van der Waals surface area contributed by atoms with Crippen LogP contribution in [-0.2, 0) is 11.2 Å². The van der Waals surface area contributed by atoms with Gasteiger partial charge in [-0.1, -0.05) is 18.5 Å². The quantitative estimate of drug-likeness (QED) is 0.618. The summed E-state index contributed by atoms with van der Waals surface area (Å²) in [4.78, 5) is 21.9. The Bertz CT molecular complexity index is 796. The van der Waals surface area contributed by atoms with Gasteiger partial charge in [-0.2, -0.15) is 5.26 Å².